The van der Waals surface area contributed by atoms with Gasteiger partial charge >= 0.3 is 18.0 Å². The van der Waals surface area contributed by atoms with Gasteiger partial charge in [0.15, 0.2) is 0 Å². The summed E-state index contributed by atoms with van der Waals surface area (Å²) in [5.41, 5.74) is 0. The first-order valence-electron chi connectivity index (χ1n) is 8.27. The van der Waals surface area contributed by atoms with Crippen LogP contribution < -0.4 is 10.1 Å². The zero-order chi connectivity index (χ0) is 18.8. The molecule has 0 aliphatic carbocycles. The Morgan fingerprint density at radius 3 is 2.92 bits per heavy atom. The molecule has 2 rings (SSSR count). The van der Waals surface area contributed by atoms with E-state index < -0.39 is 12.0 Å². The first-order chi connectivity index (χ1) is 12.6. The van der Waals surface area contributed by atoms with Crippen molar-refractivity contribution in [3.05, 3.63) is 18.5 Å². The summed E-state index contributed by atoms with van der Waals surface area (Å²) in [4.78, 5) is 33.9. The Hall–Kier alpha value is -2.07. The Morgan fingerprint density at radius 2 is 2.23 bits per heavy atom. The topological polar surface area (TPSA) is 103 Å². The van der Waals surface area contributed by atoms with Gasteiger partial charge in [0.25, 0.3) is 0 Å². The van der Waals surface area contributed by atoms with E-state index >= 15 is 0 Å². The van der Waals surface area contributed by atoms with Crippen molar-refractivity contribution in [2.45, 2.75) is 18.6 Å². The summed E-state index contributed by atoms with van der Waals surface area (Å²) in [5.74, 6) is 0.304. The molecule has 2 atom stereocenters. The standard InChI is InChI=1S/C16H24N4O5S/c1-23-14(21)13(4-9-26-2)19-16(22)20-7-8-24-12(10-20)11-25-15-17-5-3-6-18-15/h3,5-6,12-13H,4,7-11H2,1-2H3,(H,19,22)/t12?,13-/m0/s1. The fourth-order valence-corrected chi connectivity index (χ4v) is 2.87. The third-order valence-corrected chi connectivity index (χ3v) is 4.40. The second-order valence-corrected chi connectivity index (χ2v) is 6.57. The normalized spacial score (nSPS) is 18.1. The number of ether oxygens (including phenoxy) is 3. The number of hydrogen-bond acceptors (Lipinski definition) is 8. The van der Waals surface area contributed by atoms with E-state index in [2.05, 4.69) is 15.3 Å². The van der Waals surface area contributed by atoms with Crippen LogP contribution in [-0.4, -0.2) is 84.4 Å². The van der Waals surface area contributed by atoms with Gasteiger partial charge in [-0.15, -0.1) is 0 Å². The number of amides is 2. The van der Waals surface area contributed by atoms with Gasteiger partial charge < -0.3 is 24.4 Å². The number of esters is 1. The second-order valence-electron chi connectivity index (χ2n) is 5.59. The fourth-order valence-electron chi connectivity index (χ4n) is 2.40. The van der Waals surface area contributed by atoms with Crippen LogP contribution in [0.2, 0.25) is 0 Å². The van der Waals surface area contributed by atoms with Gasteiger partial charge in [-0.3, -0.25) is 0 Å². The summed E-state index contributed by atoms with van der Waals surface area (Å²) in [6, 6.07) is 0.992. The second kappa shape index (κ2) is 10.8. The smallest absolute Gasteiger partial charge is 0.328 e. The lowest BCUT2D eigenvalue weighted by Crippen LogP contribution is -2.54. The van der Waals surface area contributed by atoms with Crippen molar-refractivity contribution in [3.8, 4) is 6.01 Å². The highest BCUT2D eigenvalue weighted by Gasteiger charge is 2.28. The van der Waals surface area contributed by atoms with Crippen molar-refractivity contribution in [1.82, 2.24) is 20.2 Å². The van der Waals surface area contributed by atoms with Crippen LogP contribution in [0.3, 0.4) is 0 Å². The maximum absolute atomic E-state index is 12.5. The summed E-state index contributed by atoms with van der Waals surface area (Å²) >= 11 is 1.60. The number of morpholine rings is 1. The number of nitrogens with zero attached hydrogens (tertiary/aromatic N) is 3. The zero-order valence-electron chi connectivity index (χ0n) is 14.9. The van der Waals surface area contributed by atoms with Crippen molar-refractivity contribution >= 4 is 23.8 Å². The molecule has 0 bridgehead atoms. The fraction of sp³-hybridized carbons (Fsp3) is 0.625. The third kappa shape index (κ3) is 6.34. The van der Waals surface area contributed by atoms with E-state index in [-0.39, 0.29) is 24.8 Å². The first-order valence-corrected chi connectivity index (χ1v) is 9.67. The van der Waals surface area contributed by atoms with Crippen LogP contribution in [0.1, 0.15) is 6.42 Å². The number of aromatic nitrogens is 2. The molecule has 144 valence electrons. The molecule has 1 saturated heterocycles. The molecule has 2 heterocycles. The van der Waals surface area contributed by atoms with E-state index in [1.54, 1.807) is 35.1 Å². The molecule has 1 aromatic rings. The third-order valence-electron chi connectivity index (χ3n) is 3.76. The molecular formula is C16H24N4O5S. The number of hydrogen-bond donors (Lipinski definition) is 1. The van der Waals surface area contributed by atoms with Crippen molar-refractivity contribution in [2.24, 2.45) is 0 Å². The largest absolute Gasteiger partial charge is 0.467 e. The van der Waals surface area contributed by atoms with Crippen LogP contribution in [0.5, 0.6) is 6.01 Å². The van der Waals surface area contributed by atoms with Crippen LogP contribution in [0, 0.1) is 0 Å². The van der Waals surface area contributed by atoms with E-state index in [0.29, 0.717) is 26.1 Å². The van der Waals surface area contributed by atoms with E-state index in [9.17, 15) is 9.59 Å². The monoisotopic (exact) mass is 384 g/mol. The minimum atomic E-state index is -0.657. The molecule has 1 unspecified atom stereocenters. The minimum Gasteiger partial charge on any atom is -0.467 e. The van der Waals surface area contributed by atoms with Crippen LogP contribution in [0.15, 0.2) is 18.5 Å². The zero-order valence-corrected chi connectivity index (χ0v) is 15.7. The highest BCUT2D eigenvalue weighted by atomic mass is 32.2. The molecule has 2 amide bonds. The average molecular weight is 384 g/mol. The Labute approximate surface area is 156 Å². The summed E-state index contributed by atoms with van der Waals surface area (Å²) in [6.07, 6.45) is 5.35. The number of nitrogens with one attached hydrogen (secondary N) is 1. The summed E-state index contributed by atoms with van der Waals surface area (Å²) in [7, 11) is 1.31. The molecule has 0 saturated carbocycles. The van der Waals surface area contributed by atoms with Gasteiger partial charge in [0, 0.05) is 18.9 Å². The maximum Gasteiger partial charge on any atom is 0.328 e. The molecule has 26 heavy (non-hydrogen) atoms. The van der Waals surface area contributed by atoms with Gasteiger partial charge in [-0.05, 0) is 24.5 Å². The van der Waals surface area contributed by atoms with E-state index in [4.69, 9.17) is 14.2 Å². The van der Waals surface area contributed by atoms with Gasteiger partial charge in [-0.1, -0.05) is 0 Å². The summed E-state index contributed by atoms with van der Waals surface area (Å²) < 4.78 is 15.9. The Morgan fingerprint density at radius 1 is 1.46 bits per heavy atom. The Bertz CT molecular complexity index is 577. The molecule has 10 heteroatoms. The van der Waals surface area contributed by atoms with Crippen molar-refractivity contribution in [3.63, 3.8) is 0 Å². The molecule has 0 aromatic carbocycles. The van der Waals surface area contributed by atoms with Gasteiger partial charge in [0.2, 0.25) is 0 Å². The molecule has 0 spiro atoms. The van der Waals surface area contributed by atoms with Crippen LogP contribution in [0.4, 0.5) is 4.79 Å². The van der Waals surface area contributed by atoms with Gasteiger partial charge in [-0.25, -0.2) is 19.6 Å². The maximum atomic E-state index is 12.5. The highest BCUT2D eigenvalue weighted by Crippen LogP contribution is 2.09. The Balaban J connectivity index is 1.84. The molecule has 1 aliphatic heterocycles. The summed E-state index contributed by atoms with van der Waals surface area (Å²) in [6.45, 7) is 1.43. The lowest BCUT2D eigenvalue weighted by atomic mass is 10.2. The number of carbonyl (C=O) groups excluding carboxylic acids is 2. The van der Waals surface area contributed by atoms with Crippen molar-refractivity contribution in [1.29, 1.82) is 0 Å². The highest BCUT2D eigenvalue weighted by molar-refractivity contribution is 7.98. The number of urea groups is 1. The summed E-state index contributed by atoms with van der Waals surface area (Å²) in [5, 5.41) is 2.74. The Kier molecular flexibility index (Phi) is 8.42. The predicted octanol–water partition coefficient (Wildman–Crippen LogP) is 0.561. The van der Waals surface area contributed by atoms with Gasteiger partial charge in [-0.2, -0.15) is 11.8 Å². The molecule has 9 nitrogen and oxygen atoms in total. The average Bonchev–Trinajstić information content (AvgIpc) is 2.69. The SMILES string of the molecule is COC(=O)[C@H](CCSC)NC(=O)N1CCOC(COc2ncccn2)C1. The molecule has 1 aromatic heterocycles. The molecule has 1 aliphatic rings. The van der Waals surface area contributed by atoms with E-state index in [1.807, 2.05) is 6.26 Å². The molecular weight excluding hydrogens is 360 g/mol. The van der Waals surface area contributed by atoms with Crippen molar-refractivity contribution in [2.75, 3.05) is 45.4 Å². The molecule has 1 N–H and O–H groups in total. The molecule has 0 radical (unpaired) electrons. The lowest BCUT2D eigenvalue weighted by Gasteiger charge is -2.33. The number of methoxy groups -OCH3 is 1. The van der Waals surface area contributed by atoms with Crippen LogP contribution in [0.25, 0.3) is 0 Å². The number of carbonyl (C=O) groups is 2. The van der Waals surface area contributed by atoms with Crippen LogP contribution in [-0.2, 0) is 14.3 Å². The van der Waals surface area contributed by atoms with Gasteiger partial charge in [0.1, 0.15) is 18.8 Å². The first kappa shape index (κ1) is 20.2. The lowest BCUT2D eigenvalue weighted by molar-refractivity contribution is -0.143. The van der Waals surface area contributed by atoms with Crippen LogP contribution >= 0.6 is 11.8 Å². The van der Waals surface area contributed by atoms with Gasteiger partial charge in [0.05, 0.1) is 20.3 Å². The van der Waals surface area contributed by atoms with E-state index in [1.165, 1.54) is 7.11 Å². The number of rotatable bonds is 8. The quantitative estimate of drug-likeness (QED) is 0.649. The van der Waals surface area contributed by atoms with E-state index in [0.717, 1.165) is 5.75 Å². The minimum absolute atomic E-state index is 0.237. The predicted molar refractivity (Wildman–Crippen MR) is 96.2 cm³/mol. The molecule has 1 fully saturated rings. The van der Waals surface area contributed by atoms with Crippen molar-refractivity contribution < 1.29 is 23.8 Å². The number of thioether (sulfide) groups is 1.